The fraction of sp³-hybridized carbons (Fsp3) is 0.429. The van der Waals surface area contributed by atoms with Gasteiger partial charge < -0.3 is 4.74 Å². The maximum atomic E-state index is 5.78. The van der Waals surface area contributed by atoms with Gasteiger partial charge in [0.1, 0.15) is 6.61 Å². The molecule has 1 aliphatic rings. The molecular weight excluding hydrogens is 268 g/mol. The van der Waals surface area contributed by atoms with E-state index >= 15 is 0 Å². The van der Waals surface area contributed by atoms with Crippen LogP contribution >= 0.6 is 0 Å². The quantitative estimate of drug-likeness (QED) is 0.449. The van der Waals surface area contributed by atoms with Gasteiger partial charge in [-0.1, -0.05) is 60.6 Å². The number of rotatable bonds is 6. The maximum Gasteiger partial charge on any atom is 0.112 e. The molecule has 0 aromatic heterocycles. The molecule has 1 aromatic rings. The molecule has 0 heterocycles. The van der Waals surface area contributed by atoms with E-state index in [0.717, 1.165) is 6.42 Å². The molecule has 1 aromatic carbocycles. The van der Waals surface area contributed by atoms with E-state index in [2.05, 4.69) is 57.2 Å². The third-order valence-electron chi connectivity index (χ3n) is 4.15. The first kappa shape index (κ1) is 16.6. The molecule has 0 spiro atoms. The van der Waals surface area contributed by atoms with Gasteiger partial charge in [-0.15, -0.1) is 0 Å². The Balaban J connectivity index is 1.83. The van der Waals surface area contributed by atoms with Gasteiger partial charge in [0.2, 0.25) is 0 Å². The Hall–Kier alpha value is -1.76. The largest absolute Gasteiger partial charge is 0.497 e. The van der Waals surface area contributed by atoms with E-state index in [9.17, 15) is 0 Å². The first-order valence-corrected chi connectivity index (χ1v) is 8.32. The molecule has 0 N–H and O–H groups in total. The van der Waals surface area contributed by atoms with Crippen molar-refractivity contribution in [2.24, 2.45) is 5.92 Å². The number of allylic oxidation sites excluding steroid dienone is 5. The normalized spacial score (nSPS) is 19.7. The molecule has 1 nitrogen and oxygen atoms in total. The summed E-state index contributed by atoms with van der Waals surface area (Å²) in [6.45, 7) is 7.28. The molecular formula is C21H28O. The van der Waals surface area contributed by atoms with Crippen molar-refractivity contribution in [3.8, 4) is 0 Å². The van der Waals surface area contributed by atoms with Crippen molar-refractivity contribution in [2.75, 3.05) is 0 Å². The second kappa shape index (κ2) is 8.63. The van der Waals surface area contributed by atoms with E-state index in [1.165, 1.54) is 36.0 Å². The van der Waals surface area contributed by atoms with Crippen molar-refractivity contribution in [3.63, 3.8) is 0 Å². The van der Waals surface area contributed by atoms with Gasteiger partial charge in [-0.2, -0.15) is 0 Å². The summed E-state index contributed by atoms with van der Waals surface area (Å²) in [5.41, 5.74) is 5.66. The first-order valence-electron chi connectivity index (χ1n) is 8.32. The molecule has 1 heteroatoms. The van der Waals surface area contributed by atoms with E-state index in [0.29, 0.717) is 12.5 Å². The second-order valence-corrected chi connectivity index (χ2v) is 6.42. The fourth-order valence-electron chi connectivity index (χ4n) is 2.82. The van der Waals surface area contributed by atoms with Crippen molar-refractivity contribution in [1.82, 2.24) is 0 Å². The molecule has 0 radical (unpaired) electrons. The van der Waals surface area contributed by atoms with E-state index in [4.69, 9.17) is 4.74 Å². The van der Waals surface area contributed by atoms with E-state index in [1.54, 1.807) is 5.57 Å². The fourth-order valence-corrected chi connectivity index (χ4v) is 2.82. The summed E-state index contributed by atoms with van der Waals surface area (Å²) in [6, 6.07) is 10.3. The van der Waals surface area contributed by atoms with Crippen LogP contribution < -0.4 is 0 Å². The van der Waals surface area contributed by atoms with Crippen LogP contribution in [0.15, 0.2) is 65.5 Å². The highest BCUT2D eigenvalue weighted by Crippen LogP contribution is 2.30. The van der Waals surface area contributed by atoms with Crippen LogP contribution in [0.25, 0.3) is 0 Å². The zero-order chi connectivity index (χ0) is 15.8. The van der Waals surface area contributed by atoms with E-state index < -0.39 is 0 Å². The first-order chi connectivity index (χ1) is 10.6. The highest BCUT2D eigenvalue weighted by Gasteiger charge is 2.14. The van der Waals surface area contributed by atoms with Crippen LogP contribution in [0.2, 0.25) is 0 Å². The summed E-state index contributed by atoms with van der Waals surface area (Å²) in [5, 5.41) is 0. The lowest BCUT2D eigenvalue weighted by molar-refractivity contribution is 0.230. The molecule has 1 atom stereocenters. The van der Waals surface area contributed by atoms with Gasteiger partial charge in [0.25, 0.3) is 0 Å². The molecule has 22 heavy (non-hydrogen) atoms. The minimum atomic E-state index is 0.506. The third-order valence-corrected chi connectivity index (χ3v) is 4.15. The molecule has 0 saturated heterocycles. The SMILES string of the molecule is CC(C)=CCCC1=CC(C)/C(=C\OCc2ccccc2)CC1. The summed E-state index contributed by atoms with van der Waals surface area (Å²) in [4.78, 5) is 0. The van der Waals surface area contributed by atoms with Gasteiger partial charge in [0.15, 0.2) is 0 Å². The third kappa shape index (κ3) is 5.55. The Morgan fingerprint density at radius 3 is 2.64 bits per heavy atom. The van der Waals surface area contributed by atoms with Crippen LogP contribution in [0.4, 0.5) is 0 Å². The minimum Gasteiger partial charge on any atom is -0.497 e. The lowest BCUT2D eigenvalue weighted by Gasteiger charge is -2.21. The molecule has 0 bridgehead atoms. The Bertz CT molecular complexity index is 545. The summed E-state index contributed by atoms with van der Waals surface area (Å²) in [6.07, 6.45) is 11.4. The lowest BCUT2D eigenvalue weighted by atomic mass is 9.86. The molecule has 0 amide bonds. The number of benzene rings is 1. The van der Waals surface area contributed by atoms with Crippen molar-refractivity contribution in [2.45, 2.75) is 53.1 Å². The highest BCUT2D eigenvalue weighted by molar-refractivity contribution is 5.22. The standard InChI is InChI=1S/C21H28O/c1-17(2)8-7-11-19-12-13-21(18(3)14-19)16-22-15-20-9-5-4-6-10-20/h4-6,8-10,14,16,18H,7,11-13,15H2,1-3H3/b21-16-. The topological polar surface area (TPSA) is 9.23 Å². The van der Waals surface area contributed by atoms with Crippen LogP contribution in [0, 0.1) is 5.92 Å². The van der Waals surface area contributed by atoms with Crippen LogP contribution in [0.1, 0.15) is 52.0 Å². The molecule has 0 saturated carbocycles. The van der Waals surface area contributed by atoms with Crippen LogP contribution in [0.3, 0.4) is 0 Å². The molecule has 0 fully saturated rings. The number of hydrogen-bond acceptors (Lipinski definition) is 1. The lowest BCUT2D eigenvalue weighted by Crippen LogP contribution is -2.06. The van der Waals surface area contributed by atoms with E-state index in [-0.39, 0.29) is 0 Å². The zero-order valence-electron chi connectivity index (χ0n) is 14.1. The summed E-state index contributed by atoms with van der Waals surface area (Å²) in [5.74, 6) is 0.506. The summed E-state index contributed by atoms with van der Waals surface area (Å²) < 4.78 is 5.78. The number of ether oxygens (including phenoxy) is 1. The number of hydrogen-bond donors (Lipinski definition) is 0. The van der Waals surface area contributed by atoms with Gasteiger partial charge >= 0.3 is 0 Å². The Labute approximate surface area is 135 Å². The van der Waals surface area contributed by atoms with Crippen molar-refractivity contribution in [3.05, 3.63) is 71.0 Å². The Morgan fingerprint density at radius 2 is 1.95 bits per heavy atom. The molecule has 1 aliphatic carbocycles. The molecule has 0 aliphatic heterocycles. The predicted octanol–water partition coefficient (Wildman–Crippen LogP) is 6.19. The summed E-state index contributed by atoms with van der Waals surface area (Å²) in [7, 11) is 0. The second-order valence-electron chi connectivity index (χ2n) is 6.42. The zero-order valence-corrected chi connectivity index (χ0v) is 14.1. The minimum absolute atomic E-state index is 0.506. The Kier molecular flexibility index (Phi) is 6.51. The van der Waals surface area contributed by atoms with Gasteiger partial charge in [-0.3, -0.25) is 0 Å². The molecule has 118 valence electrons. The van der Waals surface area contributed by atoms with Crippen molar-refractivity contribution >= 4 is 0 Å². The monoisotopic (exact) mass is 296 g/mol. The molecule has 1 unspecified atom stereocenters. The van der Waals surface area contributed by atoms with Crippen molar-refractivity contribution in [1.29, 1.82) is 0 Å². The predicted molar refractivity (Wildman–Crippen MR) is 94.5 cm³/mol. The van der Waals surface area contributed by atoms with Crippen LogP contribution in [0.5, 0.6) is 0 Å². The maximum absolute atomic E-state index is 5.78. The smallest absolute Gasteiger partial charge is 0.112 e. The van der Waals surface area contributed by atoms with Gasteiger partial charge in [0, 0.05) is 0 Å². The van der Waals surface area contributed by atoms with Crippen LogP contribution in [-0.4, -0.2) is 0 Å². The molecule has 2 rings (SSSR count). The van der Waals surface area contributed by atoms with Gasteiger partial charge in [-0.05, 0) is 56.6 Å². The average molecular weight is 296 g/mol. The average Bonchev–Trinajstić information content (AvgIpc) is 2.50. The van der Waals surface area contributed by atoms with Crippen molar-refractivity contribution < 1.29 is 4.74 Å². The van der Waals surface area contributed by atoms with Gasteiger partial charge in [0.05, 0.1) is 6.26 Å². The van der Waals surface area contributed by atoms with Crippen LogP contribution in [-0.2, 0) is 11.3 Å². The highest BCUT2D eigenvalue weighted by atomic mass is 16.5. The van der Waals surface area contributed by atoms with Gasteiger partial charge in [-0.25, -0.2) is 0 Å². The Morgan fingerprint density at radius 1 is 1.18 bits per heavy atom. The summed E-state index contributed by atoms with van der Waals surface area (Å²) >= 11 is 0. The van der Waals surface area contributed by atoms with E-state index in [1.807, 2.05) is 12.3 Å².